The predicted molar refractivity (Wildman–Crippen MR) is 107 cm³/mol. The fourth-order valence-corrected chi connectivity index (χ4v) is 3.69. The van der Waals surface area contributed by atoms with Crippen LogP contribution >= 0.6 is 11.6 Å². The van der Waals surface area contributed by atoms with Crippen molar-refractivity contribution >= 4 is 28.2 Å². The smallest absolute Gasteiger partial charge is 0.398 e. The molecule has 0 unspecified atom stereocenters. The number of alkyl halides is 3. The van der Waals surface area contributed by atoms with Crippen LogP contribution in [0.15, 0.2) is 41.1 Å². The molecule has 3 heterocycles. The maximum absolute atomic E-state index is 13.6. The van der Waals surface area contributed by atoms with Gasteiger partial charge in [-0.15, -0.1) is 0 Å². The van der Waals surface area contributed by atoms with E-state index >= 15 is 0 Å². The van der Waals surface area contributed by atoms with Crippen molar-refractivity contribution in [2.24, 2.45) is 0 Å². The van der Waals surface area contributed by atoms with Gasteiger partial charge in [0, 0.05) is 28.5 Å². The maximum atomic E-state index is 13.6. The van der Waals surface area contributed by atoms with E-state index in [0.29, 0.717) is 23.3 Å². The summed E-state index contributed by atoms with van der Waals surface area (Å²) < 4.78 is 47.9. The summed E-state index contributed by atoms with van der Waals surface area (Å²) in [6.45, 7) is 2.10. The second-order valence-electron chi connectivity index (χ2n) is 6.79. The molecule has 4 aromatic rings. The van der Waals surface area contributed by atoms with Crippen LogP contribution in [0.1, 0.15) is 30.4 Å². The van der Waals surface area contributed by atoms with E-state index in [9.17, 15) is 13.2 Å². The molecule has 0 radical (unpaired) electrons. The lowest BCUT2D eigenvalue weighted by atomic mass is 10.1. The molecule has 10 heteroatoms. The Morgan fingerprint density at radius 2 is 2.03 bits per heavy atom. The number of aryl methyl sites for hydroxylation is 1. The summed E-state index contributed by atoms with van der Waals surface area (Å²) in [5, 5.41) is 4.24. The molecule has 6 nitrogen and oxygen atoms in total. The third-order valence-corrected chi connectivity index (χ3v) is 5.05. The second-order valence-corrected chi connectivity index (χ2v) is 7.15. The zero-order valence-corrected chi connectivity index (χ0v) is 16.6. The molecule has 0 aliphatic carbocycles. The molecule has 0 saturated heterocycles. The Bertz CT molecular complexity index is 1220. The highest BCUT2D eigenvalue weighted by molar-refractivity contribution is 6.31. The SMILES string of the molecule is CCCc1cc2c(C(F)(F)F)c(N)ccc2n1Cc1noc(-c2cccnc2Cl)n1. The quantitative estimate of drug-likeness (QED) is 0.338. The lowest BCUT2D eigenvalue weighted by Crippen LogP contribution is -2.10. The van der Waals surface area contributed by atoms with E-state index in [0.717, 1.165) is 12.1 Å². The number of benzene rings is 1. The number of hydrogen-bond acceptors (Lipinski definition) is 5. The van der Waals surface area contributed by atoms with Crippen LogP contribution < -0.4 is 5.73 Å². The van der Waals surface area contributed by atoms with E-state index in [2.05, 4.69) is 15.1 Å². The van der Waals surface area contributed by atoms with Gasteiger partial charge < -0.3 is 14.8 Å². The Labute approximate surface area is 174 Å². The van der Waals surface area contributed by atoms with Gasteiger partial charge in [-0.2, -0.15) is 18.2 Å². The van der Waals surface area contributed by atoms with Crippen LogP contribution in [0.4, 0.5) is 18.9 Å². The van der Waals surface area contributed by atoms with E-state index in [-0.39, 0.29) is 28.7 Å². The van der Waals surface area contributed by atoms with Crippen LogP contribution in [0.25, 0.3) is 22.4 Å². The van der Waals surface area contributed by atoms with E-state index in [4.69, 9.17) is 21.9 Å². The highest BCUT2D eigenvalue weighted by atomic mass is 35.5. The summed E-state index contributed by atoms with van der Waals surface area (Å²) in [6.07, 6.45) is -1.67. The van der Waals surface area contributed by atoms with Gasteiger partial charge >= 0.3 is 6.18 Å². The van der Waals surface area contributed by atoms with Crippen LogP contribution in [0.5, 0.6) is 0 Å². The highest BCUT2D eigenvalue weighted by Crippen LogP contribution is 2.40. The number of nitrogens with zero attached hydrogens (tertiary/aromatic N) is 4. The molecule has 0 spiro atoms. The molecule has 0 saturated carbocycles. The van der Waals surface area contributed by atoms with Crippen molar-refractivity contribution in [3.05, 3.63) is 58.8 Å². The molecular formula is C20H17ClF3N5O. The van der Waals surface area contributed by atoms with Crippen molar-refractivity contribution in [2.75, 3.05) is 5.73 Å². The van der Waals surface area contributed by atoms with Gasteiger partial charge in [0.2, 0.25) is 0 Å². The average Bonchev–Trinajstić information content (AvgIpc) is 3.27. The molecular weight excluding hydrogens is 419 g/mol. The predicted octanol–water partition coefficient (Wildman–Crippen LogP) is 5.34. The van der Waals surface area contributed by atoms with E-state index in [1.54, 1.807) is 22.8 Å². The Morgan fingerprint density at radius 3 is 2.73 bits per heavy atom. The largest absolute Gasteiger partial charge is 0.419 e. The van der Waals surface area contributed by atoms with Gasteiger partial charge in [-0.05, 0) is 36.8 Å². The van der Waals surface area contributed by atoms with Crippen LogP contribution in [0.3, 0.4) is 0 Å². The number of fused-ring (bicyclic) bond motifs is 1. The van der Waals surface area contributed by atoms with Crippen molar-refractivity contribution in [3.8, 4) is 11.5 Å². The number of anilines is 1. The van der Waals surface area contributed by atoms with Gasteiger partial charge in [0.25, 0.3) is 5.89 Å². The molecule has 0 fully saturated rings. The molecule has 156 valence electrons. The number of rotatable bonds is 5. The zero-order chi connectivity index (χ0) is 21.5. The third kappa shape index (κ3) is 3.60. The van der Waals surface area contributed by atoms with Gasteiger partial charge in [0.05, 0.1) is 17.7 Å². The Hall–Kier alpha value is -3.07. The van der Waals surface area contributed by atoms with E-state index < -0.39 is 11.7 Å². The average molecular weight is 436 g/mol. The number of halogens is 4. The van der Waals surface area contributed by atoms with E-state index in [1.165, 1.54) is 18.3 Å². The fourth-order valence-electron chi connectivity index (χ4n) is 3.49. The lowest BCUT2D eigenvalue weighted by Gasteiger charge is -2.12. The van der Waals surface area contributed by atoms with Gasteiger partial charge in [-0.25, -0.2) is 4.98 Å². The maximum Gasteiger partial charge on any atom is 0.419 e. The monoisotopic (exact) mass is 435 g/mol. The van der Waals surface area contributed by atoms with Gasteiger partial charge in [0.15, 0.2) is 5.82 Å². The summed E-state index contributed by atoms with van der Waals surface area (Å²) in [5.74, 6) is 0.502. The topological polar surface area (TPSA) is 82.8 Å². The summed E-state index contributed by atoms with van der Waals surface area (Å²) in [4.78, 5) is 8.32. The summed E-state index contributed by atoms with van der Waals surface area (Å²) in [7, 11) is 0. The Kier molecular flexibility index (Phi) is 5.15. The molecule has 1 aromatic carbocycles. The molecule has 2 N–H and O–H groups in total. The first-order chi connectivity index (χ1) is 14.3. The fraction of sp³-hybridized carbons (Fsp3) is 0.250. The van der Waals surface area contributed by atoms with Crippen LogP contribution in [-0.4, -0.2) is 19.7 Å². The van der Waals surface area contributed by atoms with Crippen molar-refractivity contribution in [1.29, 1.82) is 0 Å². The minimum Gasteiger partial charge on any atom is -0.398 e. The second kappa shape index (κ2) is 7.64. The number of aromatic nitrogens is 4. The molecule has 3 aromatic heterocycles. The molecule has 0 amide bonds. The van der Waals surface area contributed by atoms with Crippen molar-refractivity contribution < 1.29 is 17.7 Å². The normalized spacial score (nSPS) is 12.0. The Balaban J connectivity index is 1.79. The summed E-state index contributed by atoms with van der Waals surface area (Å²) >= 11 is 6.07. The van der Waals surface area contributed by atoms with Gasteiger partial charge in [-0.1, -0.05) is 30.1 Å². The first-order valence-electron chi connectivity index (χ1n) is 9.20. The molecule has 0 aliphatic heterocycles. The standard InChI is InChI=1S/C20H17ClF3N5O/c1-2-4-11-9-13-15(7-6-14(25)17(13)20(22,23)24)29(11)10-16-27-19(30-28-16)12-5-3-8-26-18(12)21/h3,5-9H,2,4,10,25H2,1H3. The molecule has 30 heavy (non-hydrogen) atoms. The van der Waals surface area contributed by atoms with E-state index in [1.807, 2.05) is 6.92 Å². The number of pyridine rings is 1. The van der Waals surface area contributed by atoms with Crippen LogP contribution in [0, 0.1) is 0 Å². The number of nitrogens with two attached hydrogens (primary N) is 1. The number of nitrogen functional groups attached to an aromatic ring is 1. The first-order valence-corrected chi connectivity index (χ1v) is 9.58. The molecule has 0 aliphatic rings. The summed E-state index contributed by atoms with van der Waals surface area (Å²) in [6, 6.07) is 7.77. The third-order valence-electron chi connectivity index (χ3n) is 4.75. The Morgan fingerprint density at radius 1 is 1.23 bits per heavy atom. The van der Waals surface area contributed by atoms with Crippen molar-refractivity contribution in [2.45, 2.75) is 32.5 Å². The van der Waals surface area contributed by atoms with Gasteiger partial charge in [0.1, 0.15) is 5.15 Å². The molecule has 4 rings (SSSR count). The van der Waals surface area contributed by atoms with Crippen LogP contribution in [0.2, 0.25) is 5.15 Å². The zero-order valence-electron chi connectivity index (χ0n) is 15.9. The lowest BCUT2D eigenvalue weighted by molar-refractivity contribution is -0.135. The first kappa shape index (κ1) is 20.2. The minimum absolute atomic E-state index is 0.0602. The van der Waals surface area contributed by atoms with Crippen molar-refractivity contribution in [3.63, 3.8) is 0 Å². The van der Waals surface area contributed by atoms with Crippen LogP contribution in [-0.2, 0) is 19.1 Å². The molecule has 0 atom stereocenters. The van der Waals surface area contributed by atoms with Gasteiger partial charge in [-0.3, -0.25) is 0 Å². The highest BCUT2D eigenvalue weighted by Gasteiger charge is 2.36. The minimum atomic E-state index is -4.56. The molecule has 0 bridgehead atoms. The van der Waals surface area contributed by atoms with Crippen molar-refractivity contribution in [1.82, 2.24) is 19.7 Å². The number of hydrogen-bond donors (Lipinski definition) is 1. The summed E-state index contributed by atoms with van der Waals surface area (Å²) in [5.41, 5.74) is 6.15.